The average Bonchev–Trinajstić information content (AvgIpc) is 4.51. The SMILES string of the molecule is Cc1cc(C)cc(-c2[nH]c3sc(C(C)(C)C(=O)N4C5CCC4CC5)cc3c2C(C)CNCCc2ccncc2)c1.Cc1cc(C)cc(-c2[nH]c3sc(C(C)(C)C(=O)N4C5CCC4CC5)cc3c2CCNCCc2ccncc2)c1. The zero-order chi connectivity index (χ0) is 55.2. The Morgan fingerprint density at radius 2 is 0.949 bits per heavy atom. The molecule has 4 bridgehead atoms. The van der Waals surface area contributed by atoms with Crippen molar-refractivity contribution in [2.24, 2.45) is 0 Å². The number of aromatic nitrogens is 4. The van der Waals surface area contributed by atoms with Gasteiger partial charge in [0, 0.05) is 76.0 Å². The summed E-state index contributed by atoms with van der Waals surface area (Å²) in [7, 11) is 0. The molecule has 4 aliphatic rings. The van der Waals surface area contributed by atoms with E-state index in [1.54, 1.807) is 22.7 Å². The molecular formula is C67H82N8O2S2. The Morgan fingerprint density at radius 1 is 0.557 bits per heavy atom. The van der Waals surface area contributed by atoms with Crippen molar-refractivity contribution in [3.05, 3.63) is 152 Å². The van der Waals surface area contributed by atoms with Crippen molar-refractivity contribution in [3.63, 3.8) is 0 Å². The Balaban J connectivity index is 0.000000167. The van der Waals surface area contributed by atoms with Crippen molar-refractivity contribution in [3.8, 4) is 22.5 Å². The van der Waals surface area contributed by atoms with Gasteiger partial charge in [-0.2, -0.15) is 0 Å². The zero-order valence-corrected chi connectivity index (χ0v) is 49.8. The quantitative estimate of drug-likeness (QED) is 0.0635. The molecule has 1 unspecified atom stereocenters. The van der Waals surface area contributed by atoms with Crippen molar-refractivity contribution < 1.29 is 9.59 Å². The number of carbonyl (C=O) groups is 2. The smallest absolute Gasteiger partial charge is 0.233 e. The maximum absolute atomic E-state index is 13.9. The van der Waals surface area contributed by atoms with E-state index in [-0.39, 0.29) is 0 Å². The van der Waals surface area contributed by atoms with Crippen LogP contribution in [0.2, 0.25) is 0 Å². The van der Waals surface area contributed by atoms with Crippen molar-refractivity contribution in [1.29, 1.82) is 0 Å². The number of rotatable bonds is 18. The summed E-state index contributed by atoms with van der Waals surface area (Å²) in [5, 5.41) is 9.90. The lowest BCUT2D eigenvalue weighted by Gasteiger charge is -2.31. The van der Waals surface area contributed by atoms with E-state index in [1.807, 2.05) is 24.8 Å². The summed E-state index contributed by atoms with van der Waals surface area (Å²) in [6, 6.07) is 28.4. The van der Waals surface area contributed by atoms with Crippen molar-refractivity contribution in [1.82, 2.24) is 40.4 Å². The summed E-state index contributed by atoms with van der Waals surface area (Å²) in [4.78, 5) is 52.8. The van der Waals surface area contributed by atoms with Gasteiger partial charge in [-0.3, -0.25) is 19.6 Å². The second-order valence-corrected chi connectivity index (χ2v) is 26.9. The van der Waals surface area contributed by atoms with Crippen LogP contribution in [0.25, 0.3) is 42.9 Å². The summed E-state index contributed by atoms with van der Waals surface area (Å²) in [5.41, 5.74) is 14.3. The lowest BCUT2D eigenvalue weighted by atomic mass is 9.88. The molecular weight excluding hydrogens is 1010 g/mol. The number of carbonyl (C=O) groups excluding carboxylic acids is 2. The number of hydrogen-bond donors (Lipinski definition) is 4. The van der Waals surface area contributed by atoms with Gasteiger partial charge in [-0.15, -0.1) is 22.7 Å². The van der Waals surface area contributed by atoms with Gasteiger partial charge in [0.05, 0.1) is 22.2 Å². The van der Waals surface area contributed by atoms with Crippen LogP contribution in [0.1, 0.15) is 146 Å². The van der Waals surface area contributed by atoms with Gasteiger partial charge in [0.1, 0.15) is 9.66 Å². The predicted molar refractivity (Wildman–Crippen MR) is 328 cm³/mol. The molecule has 10 heterocycles. The van der Waals surface area contributed by atoms with Gasteiger partial charge in [0.2, 0.25) is 11.8 Å². The third-order valence-electron chi connectivity index (χ3n) is 18.0. The fraction of sp³-hybridized carbons (Fsp3) is 0.463. The Morgan fingerprint density at radius 3 is 1.42 bits per heavy atom. The molecule has 4 aliphatic heterocycles. The fourth-order valence-electron chi connectivity index (χ4n) is 13.8. The van der Waals surface area contributed by atoms with Gasteiger partial charge in [-0.1, -0.05) is 41.3 Å². The Bertz CT molecular complexity index is 3380. The second-order valence-electron chi connectivity index (χ2n) is 24.8. The van der Waals surface area contributed by atoms with Crippen LogP contribution in [0, 0.1) is 27.7 Å². The molecule has 8 aromatic rings. The molecule has 0 radical (unpaired) electrons. The zero-order valence-electron chi connectivity index (χ0n) is 48.2. The topological polar surface area (TPSA) is 122 Å². The molecule has 12 rings (SSSR count). The molecule has 10 nitrogen and oxygen atoms in total. The number of benzene rings is 2. The van der Waals surface area contributed by atoms with E-state index >= 15 is 0 Å². The number of fused-ring (bicyclic) bond motifs is 6. The first-order valence-corrected chi connectivity index (χ1v) is 31.0. The number of H-pyrrole nitrogens is 2. The van der Waals surface area contributed by atoms with Gasteiger partial charge in [-0.05, 0) is 246 Å². The van der Waals surface area contributed by atoms with Crippen molar-refractivity contribution in [2.75, 3.05) is 26.2 Å². The third-order valence-corrected chi connectivity index (χ3v) is 20.7. The van der Waals surface area contributed by atoms with Crippen LogP contribution < -0.4 is 10.6 Å². The number of pyridine rings is 2. The van der Waals surface area contributed by atoms with Gasteiger partial charge < -0.3 is 30.4 Å². The number of amides is 2. The monoisotopic (exact) mass is 1090 g/mol. The molecule has 0 aliphatic carbocycles. The standard InChI is InChI=1S/C34H42N4OS.C33H40N4OS/c1-21-16-22(2)18-25(17-21)31-30(23(3)20-36-15-12-24-10-13-35-14-11-24)28-19-29(40-32(28)37-31)34(4,5)33(39)38-26-6-7-27(38)9-8-26;1-21-17-22(2)19-24(18-21)30-27(12-16-35-15-11-23-9-13-34-14-10-23)28-20-29(39-31(28)36-30)33(3,4)32(38)37-25-5-6-26(37)8-7-25/h10-11,13-14,16-19,23,26-27,36-37H,6-9,12,15,20H2,1-5H3;9-10,13-14,17-20,25-26,35-36H,5-8,11-12,15-16H2,1-4H3. The van der Waals surface area contributed by atoms with Crippen LogP contribution >= 0.6 is 22.7 Å². The van der Waals surface area contributed by atoms with Crippen LogP contribution in [0.4, 0.5) is 0 Å². The highest BCUT2D eigenvalue weighted by Crippen LogP contribution is 2.47. The summed E-state index contributed by atoms with van der Waals surface area (Å²) in [6.07, 6.45) is 19.7. The average molecular weight is 1100 g/mol. The van der Waals surface area contributed by atoms with Crippen molar-refractivity contribution >= 4 is 54.9 Å². The summed E-state index contributed by atoms with van der Waals surface area (Å²) >= 11 is 3.53. The number of thiophene rings is 2. The molecule has 0 saturated carbocycles. The van der Waals surface area contributed by atoms with Crippen LogP contribution in [0.3, 0.4) is 0 Å². The van der Waals surface area contributed by atoms with Gasteiger partial charge in [0.25, 0.3) is 0 Å². The fourth-order valence-corrected chi connectivity index (χ4v) is 16.2. The number of hydrogen-bond acceptors (Lipinski definition) is 8. The molecule has 4 fully saturated rings. The van der Waals surface area contributed by atoms with E-state index in [9.17, 15) is 9.59 Å². The van der Waals surface area contributed by atoms with E-state index in [2.05, 4.69) is 175 Å². The van der Waals surface area contributed by atoms with Gasteiger partial charge in [-0.25, -0.2) is 0 Å². The molecule has 2 aromatic carbocycles. The van der Waals surface area contributed by atoms with Crippen LogP contribution in [-0.2, 0) is 39.7 Å². The number of nitrogens with one attached hydrogen (secondary N) is 4. The first kappa shape index (κ1) is 55.0. The first-order valence-electron chi connectivity index (χ1n) is 29.4. The van der Waals surface area contributed by atoms with E-state index in [0.717, 1.165) is 50.3 Å². The minimum absolute atomic E-state index is 0.303. The maximum Gasteiger partial charge on any atom is 0.233 e. The van der Waals surface area contributed by atoms with Gasteiger partial charge in [0.15, 0.2) is 0 Å². The molecule has 79 heavy (non-hydrogen) atoms. The van der Waals surface area contributed by atoms with E-state index in [1.165, 1.54) is 144 Å². The lowest BCUT2D eigenvalue weighted by molar-refractivity contribution is -0.138. The molecule has 1 atom stereocenters. The van der Waals surface area contributed by atoms with Crippen LogP contribution in [0.5, 0.6) is 0 Å². The lowest BCUT2D eigenvalue weighted by Crippen LogP contribution is -2.45. The van der Waals surface area contributed by atoms with Crippen molar-refractivity contribution in [2.45, 2.75) is 174 Å². The number of aryl methyl sites for hydroxylation is 4. The summed E-state index contributed by atoms with van der Waals surface area (Å²) in [6.45, 7) is 23.2. The van der Waals surface area contributed by atoms with Crippen LogP contribution in [0.15, 0.2) is 97.6 Å². The van der Waals surface area contributed by atoms with E-state index < -0.39 is 10.8 Å². The Kier molecular flexibility index (Phi) is 16.0. The van der Waals surface area contributed by atoms with E-state index in [4.69, 9.17) is 0 Å². The molecule has 12 heteroatoms. The van der Waals surface area contributed by atoms with Gasteiger partial charge >= 0.3 is 0 Å². The third kappa shape index (κ3) is 11.3. The molecule has 414 valence electrons. The molecule has 4 saturated heterocycles. The minimum atomic E-state index is -0.529. The van der Waals surface area contributed by atoms with Crippen LogP contribution in [-0.4, -0.2) is 91.9 Å². The summed E-state index contributed by atoms with van der Waals surface area (Å²) in [5.74, 6) is 0.922. The van der Waals surface area contributed by atoms with E-state index in [0.29, 0.717) is 41.9 Å². The molecule has 6 aromatic heterocycles. The first-order chi connectivity index (χ1) is 38.0. The second kappa shape index (κ2) is 22.9. The Labute approximate surface area is 476 Å². The highest BCUT2D eigenvalue weighted by atomic mass is 32.1. The molecule has 2 amide bonds. The number of nitrogens with zero attached hydrogens (tertiary/aromatic N) is 4. The molecule has 0 spiro atoms. The Hall–Kier alpha value is -5.92. The molecule has 4 N–H and O–H groups in total. The minimum Gasteiger partial charge on any atom is -0.346 e. The summed E-state index contributed by atoms with van der Waals surface area (Å²) < 4.78 is 0. The normalized spacial score (nSPS) is 19.3. The highest BCUT2D eigenvalue weighted by Gasteiger charge is 2.49. The number of aromatic amines is 2. The largest absolute Gasteiger partial charge is 0.346 e. The highest BCUT2D eigenvalue weighted by molar-refractivity contribution is 7.19. The predicted octanol–water partition coefficient (Wildman–Crippen LogP) is 14.0. The maximum atomic E-state index is 13.9.